The molecule has 2 aromatic heterocycles. The average molecular weight is 357 g/mol. The number of nitrogens with zero attached hydrogens (tertiary/aromatic N) is 4. The minimum Gasteiger partial charge on any atom is -0.463 e. The summed E-state index contributed by atoms with van der Waals surface area (Å²) in [6.45, 7) is 4.34. The molecule has 0 aliphatic carbocycles. The summed E-state index contributed by atoms with van der Waals surface area (Å²) in [5.74, 6) is 1.53. The largest absolute Gasteiger partial charge is 0.463 e. The highest BCUT2D eigenvalue weighted by Crippen LogP contribution is 2.23. The van der Waals surface area contributed by atoms with Gasteiger partial charge in [-0.05, 0) is 37.1 Å². The van der Waals surface area contributed by atoms with E-state index in [2.05, 4.69) is 20.5 Å². The molecule has 8 nitrogen and oxygen atoms in total. The number of hydrogen-bond donors (Lipinski definition) is 1. The lowest BCUT2D eigenvalue weighted by Gasteiger charge is -2.34. The highest BCUT2D eigenvalue weighted by Gasteiger charge is 2.28. The Balaban J connectivity index is 1.37. The standard InChI is InChI=1S/C18H23N5O3/c24-18(21-23-8-11-25-12-9-23)14-3-1-7-22(13-14)17-6-5-15(19-20-17)16-4-2-10-26-16/h2,4-6,10,14H,1,3,7-9,11-13H2,(H,21,24). The van der Waals surface area contributed by atoms with Crippen LogP contribution in [0.2, 0.25) is 0 Å². The zero-order chi connectivity index (χ0) is 17.8. The number of ether oxygens (including phenoxy) is 1. The van der Waals surface area contributed by atoms with Crippen LogP contribution < -0.4 is 10.3 Å². The van der Waals surface area contributed by atoms with Gasteiger partial charge in [0.1, 0.15) is 5.69 Å². The van der Waals surface area contributed by atoms with Crippen LogP contribution in [0.5, 0.6) is 0 Å². The Labute approximate surface area is 152 Å². The maximum Gasteiger partial charge on any atom is 0.239 e. The molecule has 2 aliphatic rings. The molecule has 2 saturated heterocycles. The number of piperidine rings is 1. The van der Waals surface area contributed by atoms with Gasteiger partial charge in [-0.25, -0.2) is 5.01 Å². The van der Waals surface area contributed by atoms with E-state index < -0.39 is 0 Å². The first-order valence-corrected chi connectivity index (χ1v) is 9.05. The Morgan fingerprint density at radius 2 is 2.04 bits per heavy atom. The normalized spacial score (nSPS) is 21.5. The van der Waals surface area contributed by atoms with Crippen LogP contribution >= 0.6 is 0 Å². The summed E-state index contributed by atoms with van der Waals surface area (Å²) >= 11 is 0. The average Bonchev–Trinajstić information content (AvgIpc) is 3.24. The van der Waals surface area contributed by atoms with E-state index in [-0.39, 0.29) is 11.8 Å². The zero-order valence-corrected chi connectivity index (χ0v) is 14.6. The molecule has 26 heavy (non-hydrogen) atoms. The van der Waals surface area contributed by atoms with Gasteiger partial charge in [0, 0.05) is 26.2 Å². The van der Waals surface area contributed by atoms with E-state index in [9.17, 15) is 4.79 Å². The Morgan fingerprint density at radius 1 is 1.15 bits per heavy atom. The molecule has 0 radical (unpaired) electrons. The fraction of sp³-hybridized carbons (Fsp3) is 0.500. The van der Waals surface area contributed by atoms with Crippen molar-refractivity contribution < 1.29 is 13.9 Å². The number of carbonyl (C=O) groups excluding carboxylic acids is 1. The minimum absolute atomic E-state index is 0.0434. The first-order valence-electron chi connectivity index (χ1n) is 9.05. The van der Waals surface area contributed by atoms with E-state index in [1.807, 2.05) is 29.3 Å². The van der Waals surface area contributed by atoms with Gasteiger partial charge in [-0.2, -0.15) is 0 Å². The number of carbonyl (C=O) groups is 1. The van der Waals surface area contributed by atoms with E-state index >= 15 is 0 Å². The van der Waals surface area contributed by atoms with Gasteiger partial charge in [-0.15, -0.1) is 10.2 Å². The molecule has 1 unspecified atom stereocenters. The highest BCUT2D eigenvalue weighted by atomic mass is 16.5. The lowest BCUT2D eigenvalue weighted by atomic mass is 9.97. The summed E-state index contributed by atoms with van der Waals surface area (Å²) < 4.78 is 10.7. The second kappa shape index (κ2) is 7.84. The fourth-order valence-electron chi connectivity index (χ4n) is 3.37. The van der Waals surface area contributed by atoms with Crippen LogP contribution in [0.1, 0.15) is 12.8 Å². The monoisotopic (exact) mass is 357 g/mol. The summed E-state index contributed by atoms with van der Waals surface area (Å²) in [6, 6.07) is 7.52. The van der Waals surface area contributed by atoms with Crippen molar-refractivity contribution in [2.75, 3.05) is 44.3 Å². The Kier molecular flexibility index (Phi) is 5.12. The quantitative estimate of drug-likeness (QED) is 0.883. The van der Waals surface area contributed by atoms with Crippen molar-refractivity contribution in [2.24, 2.45) is 5.92 Å². The van der Waals surface area contributed by atoms with Crippen molar-refractivity contribution >= 4 is 11.7 Å². The second-order valence-electron chi connectivity index (χ2n) is 6.61. The van der Waals surface area contributed by atoms with Crippen molar-refractivity contribution in [3.8, 4) is 11.5 Å². The molecule has 4 rings (SSSR count). The SMILES string of the molecule is O=C(NN1CCOCC1)C1CCCN(c2ccc(-c3ccco3)nn2)C1. The Morgan fingerprint density at radius 3 is 2.77 bits per heavy atom. The molecule has 0 bridgehead atoms. The molecule has 1 N–H and O–H groups in total. The maximum atomic E-state index is 12.6. The first-order chi connectivity index (χ1) is 12.8. The molecule has 138 valence electrons. The van der Waals surface area contributed by atoms with Crippen LogP contribution in [0.15, 0.2) is 34.9 Å². The third kappa shape index (κ3) is 3.86. The van der Waals surface area contributed by atoms with Crippen molar-refractivity contribution in [1.82, 2.24) is 20.6 Å². The Bertz CT molecular complexity index is 713. The number of morpholine rings is 1. The summed E-state index contributed by atoms with van der Waals surface area (Å²) in [6.07, 6.45) is 3.47. The van der Waals surface area contributed by atoms with Crippen molar-refractivity contribution in [1.29, 1.82) is 0 Å². The predicted molar refractivity (Wildman–Crippen MR) is 95.2 cm³/mol. The third-order valence-electron chi connectivity index (χ3n) is 4.82. The van der Waals surface area contributed by atoms with Gasteiger partial charge < -0.3 is 14.1 Å². The van der Waals surface area contributed by atoms with Crippen molar-refractivity contribution in [2.45, 2.75) is 12.8 Å². The number of hydrogen-bond acceptors (Lipinski definition) is 7. The summed E-state index contributed by atoms with van der Waals surface area (Å²) in [4.78, 5) is 14.7. The van der Waals surface area contributed by atoms with E-state index in [1.54, 1.807) is 6.26 Å². The van der Waals surface area contributed by atoms with Crippen LogP contribution in [-0.2, 0) is 9.53 Å². The molecule has 0 spiro atoms. The number of hydrazine groups is 1. The van der Waals surface area contributed by atoms with Crippen LogP contribution in [0, 0.1) is 5.92 Å². The first kappa shape index (κ1) is 17.0. The summed E-state index contributed by atoms with van der Waals surface area (Å²) in [5.41, 5.74) is 3.73. The minimum atomic E-state index is -0.0434. The molecular weight excluding hydrogens is 334 g/mol. The number of rotatable bonds is 4. The molecule has 2 aromatic rings. The molecule has 0 aromatic carbocycles. The van der Waals surface area contributed by atoms with Crippen molar-refractivity contribution in [3.63, 3.8) is 0 Å². The van der Waals surface area contributed by atoms with E-state index in [4.69, 9.17) is 9.15 Å². The van der Waals surface area contributed by atoms with Crippen LogP contribution in [0.4, 0.5) is 5.82 Å². The number of anilines is 1. The van der Waals surface area contributed by atoms with Gasteiger partial charge in [-0.3, -0.25) is 10.2 Å². The number of nitrogens with one attached hydrogen (secondary N) is 1. The highest BCUT2D eigenvalue weighted by molar-refractivity contribution is 5.79. The topological polar surface area (TPSA) is 83.7 Å². The maximum absolute atomic E-state index is 12.6. The molecule has 8 heteroatoms. The molecular formula is C18H23N5O3. The van der Waals surface area contributed by atoms with Gasteiger partial charge in [-0.1, -0.05) is 0 Å². The number of amides is 1. The molecule has 1 atom stereocenters. The van der Waals surface area contributed by atoms with Gasteiger partial charge in [0.2, 0.25) is 5.91 Å². The Hall–Kier alpha value is -2.45. The molecule has 0 saturated carbocycles. The fourth-order valence-corrected chi connectivity index (χ4v) is 3.37. The van der Waals surface area contributed by atoms with Crippen molar-refractivity contribution in [3.05, 3.63) is 30.5 Å². The van der Waals surface area contributed by atoms with Crippen LogP contribution in [-0.4, -0.2) is 60.5 Å². The lowest BCUT2D eigenvalue weighted by Crippen LogP contribution is -2.52. The smallest absolute Gasteiger partial charge is 0.239 e. The molecule has 1 amide bonds. The summed E-state index contributed by atoms with van der Waals surface area (Å²) in [7, 11) is 0. The van der Waals surface area contributed by atoms with Crippen LogP contribution in [0.25, 0.3) is 11.5 Å². The van der Waals surface area contributed by atoms with E-state index in [0.29, 0.717) is 31.2 Å². The predicted octanol–water partition coefficient (Wildman–Crippen LogP) is 1.32. The molecule has 4 heterocycles. The van der Waals surface area contributed by atoms with Crippen LogP contribution in [0.3, 0.4) is 0 Å². The molecule has 2 fully saturated rings. The lowest BCUT2D eigenvalue weighted by molar-refractivity contribution is -0.132. The van der Waals surface area contributed by atoms with E-state index in [0.717, 1.165) is 38.3 Å². The van der Waals surface area contributed by atoms with Gasteiger partial charge in [0.05, 0.1) is 25.4 Å². The number of aromatic nitrogens is 2. The van der Waals surface area contributed by atoms with Gasteiger partial charge in [0.15, 0.2) is 11.6 Å². The number of furan rings is 1. The van der Waals surface area contributed by atoms with Gasteiger partial charge >= 0.3 is 0 Å². The molecule has 2 aliphatic heterocycles. The van der Waals surface area contributed by atoms with Gasteiger partial charge in [0.25, 0.3) is 0 Å². The van der Waals surface area contributed by atoms with E-state index in [1.165, 1.54) is 0 Å². The second-order valence-corrected chi connectivity index (χ2v) is 6.61. The zero-order valence-electron chi connectivity index (χ0n) is 14.6. The third-order valence-corrected chi connectivity index (χ3v) is 4.82. The summed E-state index contributed by atoms with van der Waals surface area (Å²) in [5, 5.41) is 10.5.